The molecular formula is C12H26N3O4PS3. The molecule has 0 aliphatic rings. The first-order valence-electron chi connectivity index (χ1n) is 7.23. The number of carbonyl (C=O) groups excluding carboxylic acids is 1. The Balaban J connectivity index is 4.96. The van der Waals surface area contributed by atoms with Gasteiger partial charge in [-0.05, 0) is 45.3 Å². The molecule has 136 valence electrons. The number of thioether (sulfide) groups is 1. The van der Waals surface area contributed by atoms with E-state index in [-0.39, 0.29) is 0 Å². The van der Waals surface area contributed by atoms with Gasteiger partial charge in [-0.1, -0.05) is 12.1 Å². The fourth-order valence-corrected chi connectivity index (χ4v) is 5.57. The minimum Gasteiger partial charge on any atom is -0.318 e. The lowest BCUT2D eigenvalue weighted by Crippen LogP contribution is -2.27. The molecule has 1 amide bonds. The van der Waals surface area contributed by atoms with Gasteiger partial charge in [0.2, 0.25) is 0 Å². The summed E-state index contributed by atoms with van der Waals surface area (Å²) in [4.78, 5) is 16.9. The molecule has 0 radical (unpaired) electrons. The van der Waals surface area contributed by atoms with Crippen molar-refractivity contribution in [2.45, 2.75) is 34.1 Å². The van der Waals surface area contributed by atoms with Gasteiger partial charge in [-0.25, -0.2) is 9.10 Å². The Bertz CT molecular complexity index is 430. The lowest BCUT2D eigenvalue weighted by atomic mass is 10.5. The van der Waals surface area contributed by atoms with Crippen LogP contribution in [0, 0.1) is 0 Å². The number of rotatable bonds is 10. The standard InChI is InChI=1S/C12H26N3O4PS3/c1-7-10-15(20(21,17-8-2)18-9-3)23-14(5)12(16)19-13-11(4)22-6/h7-10H2,1-6H3. The second-order valence-corrected chi connectivity index (χ2v) is 9.87. The highest BCUT2D eigenvalue weighted by Gasteiger charge is 2.31. The highest BCUT2D eigenvalue weighted by Crippen LogP contribution is 2.56. The summed E-state index contributed by atoms with van der Waals surface area (Å²) in [6.45, 7) is 6.41. The molecule has 0 aromatic heterocycles. The van der Waals surface area contributed by atoms with E-state index in [0.717, 1.165) is 18.6 Å². The van der Waals surface area contributed by atoms with E-state index in [9.17, 15) is 4.79 Å². The van der Waals surface area contributed by atoms with E-state index in [1.54, 1.807) is 14.0 Å². The smallest absolute Gasteiger partial charge is 0.318 e. The fourth-order valence-electron chi connectivity index (χ4n) is 1.26. The lowest BCUT2D eigenvalue weighted by Gasteiger charge is -2.33. The average Bonchev–Trinajstić information content (AvgIpc) is 2.52. The topological polar surface area (TPSA) is 63.6 Å². The van der Waals surface area contributed by atoms with Gasteiger partial charge in [0.15, 0.2) is 0 Å². The Morgan fingerprint density at radius 1 is 1.26 bits per heavy atom. The number of amides is 1. The number of nitrogens with zero attached hydrogens (tertiary/aromatic N) is 3. The summed E-state index contributed by atoms with van der Waals surface area (Å²) in [5.74, 6) is 0. The van der Waals surface area contributed by atoms with Crippen LogP contribution in [0.1, 0.15) is 34.1 Å². The highest BCUT2D eigenvalue weighted by molar-refractivity contribution is 8.15. The average molecular weight is 404 g/mol. The molecular weight excluding hydrogens is 377 g/mol. The van der Waals surface area contributed by atoms with E-state index in [0.29, 0.717) is 24.8 Å². The molecule has 0 atom stereocenters. The van der Waals surface area contributed by atoms with E-state index in [1.165, 1.54) is 16.1 Å². The highest BCUT2D eigenvalue weighted by atomic mass is 32.5. The van der Waals surface area contributed by atoms with E-state index in [2.05, 4.69) is 5.16 Å². The molecule has 0 aliphatic carbocycles. The van der Waals surface area contributed by atoms with Gasteiger partial charge in [-0.2, -0.15) is 4.08 Å². The maximum absolute atomic E-state index is 12.0. The van der Waals surface area contributed by atoms with Gasteiger partial charge in [0, 0.05) is 13.6 Å². The summed E-state index contributed by atoms with van der Waals surface area (Å²) in [5.41, 5.74) is 0. The Morgan fingerprint density at radius 2 is 1.83 bits per heavy atom. The molecule has 0 saturated carbocycles. The van der Waals surface area contributed by atoms with Crippen molar-refractivity contribution in [2.75, 3.05) is 33.1 Å². The van der Waals surface area contributed by atoms with E-state index >= 15 is 0 Å². The van der Waals surface area contributed by atoms with Crippen molar-refractivity contribution >= 4 is 53.5 Å². The summed E-state index contributed by atoms with van der Waals surface area (Å²) in [5, 5.41) is 4.39. The van der Waals surface area contributed by atoms with Crippen LogP contribution in [-0.4, -0.2) is 52.6 Å². The third-order valence-corrected chi connectivity index (χ3v) is 8.04. The zero-order valence-corrected chi connectivity index (χ0v) is 17.8. The molecule has 0 aliphatic heterocycles. The van der Waals surface area contributed by atoms with Crippen LogP contribution >= 0.6 is 30.5 Å². The third-order valence-electron chi connectivity index (χ3n) is 2.29. The first-order chi connectivity index (χ1) is 10.8. The largest absolute Gasteiger partial charge is 0.446 e. The second kappa shape index (κ2) is 12.5. The van der Waals surface area contributed by atoms with E-state index < -0.39 is 12.7 Å². The number of carbonyl (C=O) groups is 1. The lowest BCUT2D eigenvalue weighted by molar-refractivity contribution is 0.136. The minimum absolute atomic E-state index is 0.448. The van der Waals surface area contributed by atoms with Crippen LogP contribution in [0.2, 0.25) is 0 Å². The molecule has 0 spiro atoms. The molecule has 11 heteroatoms. The van der Waals surface area contributed by atoms with Gasteiger partial charge in [-0.15, -0.1) is 11.8 Å². The van der Waals surface area contributed by atoms with Crippen molar-refractivity contribution in [2.24, 2.45) is 5.16 Å². The van der Waals surface area contributed by atoms with Crippen LogP contribution in [0.25, 0.3) is 0 Å². The van der Waals surface area contributed by atoms with Gasteiger partial charge in [0.1, 0.15) is 5.04 Å². The van der Waals surface area contributed by atoms with E-state index in [1.807, 2.05) is 31.1 Å². The quantitative estimate of drug-likeness (QED) is 0.133. The number of hydrogen-bond acceptors (Lipinski definition) is 8. The molecule has 0 aromatic carbocycles. The van der Waals surface area contributed by atoms with Gasteiger partial charge in [0.25, 0.3) is 6.64 Å². The fraction of sp³-hybridized carbons (Fsp3) is 0.833. The maximum atomic E-state index is 12.0. The second-order valence-electron chi connectivity index (χ2n) is 4.13. The van der Waals surface area contributed by atoms with Crippen LogP contribution in [0.3, 0.4) is 0 Å². The number of hydrogen-bond donors (Lipinski definition) is 0. The summed E-state index contributed by atoms with van der Waals surface area (Å²) in [7, 11) is 1.59. The van der Waals surface area contributed by atoms with Crippen LogP contribution in [0.5, 0.6) is 0 Å². The third kappa shape index (κ3) is 8.72. The zero-order valence-electron chi connectivity index (χ0n) is 14.5. The zero-order chi connectivity index (χ0) is 17.9. The molecule has 0 fully saturated rings. The molecule has 23 heavy (non-hydrogen) atoms. The SMILES string of the molecule is CCCN(SN(C)C(=O)ON=C(C)SC)P(=S)(OCC)OCC. The van der Waals surface area contributed by atoms with Crippen molar-refractivity contribution < 1.29 is 18.7 Å². The Hall–Kier alpha value is 0.170. The van der Waals surface area contributed by atoms with Crippen molar-refractivity contribution in [3.8, 4) is 0 Å². The first-order valence-corrected chi connectivity index (χ1v) is 11.8. The molecule has 7 nitrogen and oxygen atoms in total. The molecule has 0 rings (SSSR count). The predicted octanol–water partition coefficient (Wildman–Crippen LogP) is 4.32. The Labute approximate surface area is 152 Å². The summed E-state index contributed by atoms with van der Waals surface area (Å²) >= 11 is 8.12. The summed E-state index contributed by atoms with van der Waals surface area (Å²) < 4.78 is 14.5. The monoisotopic (exact) mass is 403 g/mol. The Kier molecular flexibility index (Phi) is 12.6. The molecule has 0 unspecified atom stereocenters. The van der Waals surface area contributed by atoms with Crippen LogP contribution in [0.4, 0.5) is 4.79 Å². The van der Waals surface area contributed by atoms with Crippen LogP contribution in [-0.2, 0) is 25.7 Å². The van der Waals surface area contributed by atoms with Crippen LogP contribution in [0.15, 0.2) is 5.16 Å². The maximum Gasteiger partial charge on any atom is 0.446 e. The predicted molar refractivity (Wildman–Crippen MR) is 103 cm³/mol. The molecule has 0 N–H and O–H groups in total. The Morgan fingerprint density at radius 3 is 2.26 bits per heavy atom. The van der Waals surface area contributed by atoms with Crippen molar-refractivity contribution in [3.63, 3.8) is 0 Å². The molecule has 0 heterocycles. The molecule has 0 bridgehead atoms. The van der Waals surface area contributed by atoms with Gasteiger partial charge >= 0.3 is 6.09 Å². The van der Waals surface area contributed by atoms with Crippen LogP contribution < -0.4 is 0 Å². The first kappa shape index (κ1) is 23.2. The van der Waals surface area contributed by atoms with E-state index in [4.69, 9.17) is 25.7 Å². The van der Waals surface area contributed by atoms with Gasteiger partial charge in [-0.3, -0.25) is 4.84 Å². The molecule has 0 aromatic rings. The van der Waals surface area contributed by atoms with Crippen molar-refractivity contribution in [1.82, 2.24) is 8.38 Å². The van der Waals surface area contributed by atoms with Crippen molar-refractivity contribution in [1.29, 1.82) is 0 Å². The molecule has 0 saturated heterocycles. The van der Waals surface area contributed by atoms with Crippen molar-refractivity contribution in [3.05, 3.63) is 0 Å². The minimum atomic E-state index is -2.64. The van der Waals surface area contributed by atoms with Gasteiger partial charge < -0.3 is 9.05 Å². The number of oxime groups is 1. The normalized spacial score (nSPS) is 12.6. The summed E-state index contributed by atoms with van der Waals surface area (Å²) in [6, 6.07) is 0. The summed E-state index contributed by atoms with van der Waals surface area (Å²) in [6.07, 6.45) is 2.12. The van der Waals surface area contributed by atoms with Gasteiger partial charge in [0.05, 0.1) is 25.3 Å².